The van der Waals surface area contributed by atoms with Crippen molar-refractivity contribution in [2.45, 2.75) is 13.5 Å². The molecule has 9 heteroatoms. The van der Waals surface area contributed by atoms with Crippen LogP contribution in [0.3, 0.4) is 0 Å². The van der Waals surface area contributed by atoms with Crippen molar-refractivity contribution < 1.29 is 33.2 Å². The fraction of sp³-hybridized carbons (Fsp3) is 0.304. The first-order valence-corrected chi connectivity index (χ1v) is 10.7. The molecule has 0 aliphatic heterocycles. The van der Waals surface area contributed by atoms with Crippen LogP contribution in [-0.4, -0.2) is 46.0 Å². The summed E-state index contributed by atoms with van der Waals surface area (Å²) in [4.78, 5) is 17.2. The van der Waals surface area contributed by atoms with Crippen LogP contribution in [0.2, 0.25) is 0 Å². The number of rotatable bonds is 10. The van der Waals surface area contributed by atoms with Gasteiger partial charge < -0.3 is 28.4 Å². The lowest BCUT2D eigenvalue weighted by atomic mass is 10.1. The molecule has 0 atom stereocenters. The summed E-state index contributed by atoms with van der Waals surface area (Å²) in [6.45, 7) is 2.48. The van der Waals surface area contributed by atoms with E-state index in [4.69, 9.17) is 28.4 Å². The summed E-state index contributed by atoms with van der Waals surface area (Å²) in [6, 6.07) is 8.83. The van der Waals surface area contributed by atoms with Crippen LogP contribution in [0.5, 0.6) is 28.7 Å². The molecule has 2 aromatic carbocycles. The van der Waals surface area contributed by atoms with Crippen molar-refractivity contribution in [3.05, 3.63) is 47.0 Å². The fourth-order valence-corrected chi connectivity index (χ4v) is 3.86. The zero-order valence-electron chi connectivity index (χ0n) is 18.6. The van der Waals surface area contributed by atoms with Gasteiger partial charge in [-0.3, -0.25) is 0 Å². The Hall–Kier alpha value is -3.46. The van der Waals surface area contributed by atoms with E-state index < -0.39 is 5.97 Å². The van der Waals surface area contributed by atoms with Gasteiger partial charge in [0.05, 0.1) is 40.7 Å². The largest absolute Gasteiger partial charge is 0.493 e. The standard InChI is InChI=1S/C23H25NO7S/c1-6-30-17-9-7-14(11-19(17)27-3)22-24-15(13-32-22)12-31-23(25)16-8-10-18(26-2)21(29-5)20(16)28-4/h7-11,13H,6,12H2,1-5H3. The molecule has 3 rings (SSSR count). The molecule has 0 aliphatic rings. The van der Waals surface area contributed by atoms with E-state index >= 15 is 0 Å². The molecular formula is C23H25NO7S. The number of hydrogen-bond acceptors (Lipinski definition) is 9. The number of ether oxygens (including phenoxy) is 6. The van der Waals surface area contributed by atoms with Gasteiger partial charge in [0, 0.05) is 10.9 Å². The molecule has 0 saturated carbocycles. The van der Waals surface area contributed by atoms with E-state index in [-0.39, 0.29) is 17.9 Å². The molecule has 0 N–H and O–H groups in total. The third-order valence-electron chi connectivity index (χ3n) is 4.54. The van der Waals surface area contributed by atoms with Crippen LogP contribution >= 0.6 is 11.3 Å². The second-order valence-electron chi connectivity index (χ2n) is 6.40. The topological polar surface area (TPSA) is 85.3 Å². The van der Waals surface area contributed by atoms with Crippen LogP contribution in [0.1, 0.15) is 23.0 Å². The number of carbonyl (C=O) groups excluding carboxylic acids is 1. The molecule has 0 fully saturated rings. The van der Waals surface area contributed by atoms with Crippen LogP contribution in [0.15, 0.2) is 35.7 Å². The quantitative estimate of drug-likeness (QED) is 0.407. The SMILES string of the molecule is CCOc1ccc(-c2nc(COC(=O)c3ccc(OC)c(OC)c3OC)cs2)cc1OC. The molecule has 0 amide bonds. The minimum absolute atomic E-state index is 0.0149. The minimum Gasteiger partial charge on any atom is -0.493 e. The normalized spacial score (nSPS) is 10.4. The molecule has 32 heavy (non-hydrogen) atoms. The number of thiazole rings is 1. The molecule has 0 aliphatic carbocycles. The van der Waals surface area contributed by atoms with E-state index in [1.807, 2.05) is 30.5 Å². The Morgan fingerprint density at radius 3 is 2.28 bits per heavy atom. The lowest BCUT2D eigenvalue weighted by Gasteiger charge is -2.14. The molecule has 0 radical (unpaired) electrons. The van der Waals surface area contributed by atoms with Crippen molar-refractivity contribution in [1.29, 1.82) is 0 Å². The first kappa shape index (κ1) is 23.2. The fourth-order valence-electron chi connectivity index (χ4n) is 3.06. The molecule has 0 spiro atoms. The second kappa shape index (κ2) is 10.7. The summed E-state index contributed by atoms with van der Waals surface area (Å²) in [6.07, 6.45) is 0. The first-order valence-electron chi connectivity index (χ1n) is 9.77. The zero-order chi connectivity index (χ0) is 23.1. The number of hydrogen-bond donors (Lipinski definition) is 0. The summed E-state index contributed by atoms with van der Waals surface area (Å²) in [7, 11) is 6.03. The van der Waals surface area contributed by atoms with Gasteiger partial charge >= 0.3 is 5.97 Å². The zero-order valence-corrected chi connectivity index (χ0v) is 19.4. The molecule has 1 aromatic heterocycles. The minimum atomic E-state index is -0.555. The maximum atomic E-state index is 12.7. The number of aromatic nitrogens is 1. The van der Waals surface area contributed by atoms with Gasteiger partial charge in [0.15, 0.2) is 23.0 Å². The Labute approximate surface area is 190 Å². The summed E-state index contributed by atoms with van der Waals surface area (Å²) >= 11 is 1.45. The number of methoxy groups -OCH3 is 4. The van der Waals surface area contributed by atoms with Gasteiger partial charge in [-0.1, -0.05) is 0 Å². The molecule has 0 saturated heterocycles. The Morgan fingerprint density at radius 1 is 0.906 bits per heavy atom. The van der Waals surface area contributed by atoms with Crippen LogP contribution < -0.4 is 23.7 Å². The molecule has 3 aromatic rings. The number of esters is 1. The maximum Gasteiger partial charge on any atom is 0.342 e. The highest BCUT2D eigenvalue weighted by Crippen LogP contribution is 2.40. The Kier molecular flexibility index (Phi) is 7.77. The number of nitrogens with zero attached hydrogens (tertiary/aromatic N) is 1. The van der Waals surface area contributed by atoms with Crippen molar-refractivity contribution in [1.82, 2.24) is 4.98 Å². The van der Waals surface area contributed by atoms with Gasteiger partial charge in [0.25, 0.3) is 0 Å². The summed E-state index contributed by atoms with van der Waals surface area (Å²) < 4.78 is 32.3. The Morgan fingerprint density at radius 2 is 1.62 bits per heavy atom. The highest BCUT2D eigenvalue weighted by Gasteiger charge is 2.22. The van der Waals surface area contributed by atoms with E-state index in [0.717, 1.165) is 10.6 Å². The molecule has 8 nitrogen and oxygen atoms in total. The highest BCUT2D eigenvalue weighted by atomic mass is 32.1. The van der Waals surface area contributed by atoms with Crippen LogP contribution in [0, 0.1) is 0 Å². The van der Waals surface area contributed by atoms with E-state index in [2.05, 4.69) is 4.98 Å². The third-order valence-corrected chi connectivity index (χ3v) is 5.48. The Balaban J connectivity index is 1.74. The van der Waals surface area contributed by atoms with Crippen LogP contribution in [0.25, 0.3) is 10.6 Å². The van der Waals surface area contributed by atoms with Gasteiger partial charge in [-0.2, -0.15) is 0 Å². The van der Waals surface area contributed by atoms with Gasteiger partial charge in [0.2, 0.25) is 5.75 Å². The smallest absolute Gasteiger partial charge is 0.342 e. The van der Waals surface area contributed by atoms with Gasteiger partial charge in [-0.15, -0.1) is 11.3 Å². The molecular weight excluding hydrogens is 434 g/mol. The van der Waals surface area contributed by atoms with Crippen molar-refractivity contribution in [2.75, 3.05) is 35.0 Å². The van der Waals surface area contributed by atoms with Crippen molar-refractivity contribution in [3.8, 4) is 39.3 Å². The molecule has 1 heterocycles. The van der Waals surface area contributed by atoms with E-state index in [9.17, 15) is 4.79 Å². The Bertz CT molecular complexity index is 1080. The average molecular weight is 460 g/mol. The lowest BCUT2D eigenvalue weighted by Crippen LogP contribution is -2.09. The average Bonchev–Trinajstić information content (AvgIpc) is 3.30. The maximum absolute atomic E-state index is 12.7. The first-order chi connectivity index (χ1) is 15.6. The number of carbonyl (C=O) groups is 1. The number of benzene rings is 2. The van der Waals surface area contributed by atoms with Crippen molar-refractivity contribution in [2.24, 2.45) is 0 Å². The predicted molar refractivity (Wildman–Crippen MR) is 120 cm³/mol. The van der Waals surface area contributed by atoms with Gasteiger partial charge in [0.1, 0.15) is 17.2 Å². The molecule has 0 bridgehead atoms. The second-order valence-corrected chi connectivity index (χ2v) is 7.26. The van der Waals surface area contributed by atoms with Crippen molar-refractivity contribution in [3.63, 3.8) is 0 Å². The third kappa shape index (κ3) is 4.88. The monoisotopic (exact) mass is 459 g/mol. The van der Waals surface area contributed by atoms with Gasteiger partial charge in [-0.05, 0) is 37.3 Å². The van der Waals surface area contributed by atoms with Crippen molar-refractivity contribution >= 4 is 17.3 Å². The van der Waals surface area contributed by atoms with E-state index in [1.165, 1.54) is 32.7 Å². The van der Waals surface area contributed by atoms with E-state index in [1.54, 1.807) is 19.2 Å². The predicted octanol–water partition coefficient (Wildman–Crippen LogP) is 4.60. The van der Waals surface area contributed by atoms with E-state index in [0.29, 0.717) is 35.3 Å². The summed E-state index contributed by atoms with van der Waals surface area (Å²) in [5, 5.41) is 2.62. The van der Waals surface area contributed by atoms with Crippen LogP contribution in [-0.2, 0) is 11.3 Å². The van der Waals surface area contributed by atoms with Gasteiger partial charge in [-0.25, -0.2) is 9.78 Å². The molecule has 170 valence electrons. The highest BCUT2D eigenvalue weighted by molar-refractivity contribution is 7.13. The summed E-state index contributed by atoms with van der Waals surface area (Å²) in [5.74, 6) is 1.78. The molecule has 0 unspecified atom stereocenters. The lowest BCUT2D eigenvalue weighted by molar-refractivity contribution is 0.0464. The van der Waals surface area contributed by atoms with Crippen LogP contribution in [0.4, 0.5) is 0 Å². The summed E-state index contributed by atoms with van der Waals surface area (Å²) in [5.41, 5.74) is 1.75.